The van der Waals surface area contributed by atoms with Crippen molar-refractivity contribution in [3.8, 4) is 79.3 Å². The minimum Gasteiger partial charge on any atom is -0.410 e. The van der Waals surface area contributed by atoms with E-state index in [9.17, 15) is 9.59 Å². The van der Waals surface area contributed by atoms with Crippen LogP contribution in [0.3, 0.4) is 0 Å². The van der Waals surface area contributed by atoms with Crippen molar-refractivity contribution in [3.05, 3.63) is 170 Å². The average Bonchev–Trinajstić information content (AvgIpc) is 2.03. The number of rotatable bonds is 33. The van der Waals surface area contributed by atoms with Crippen LogP contribution in [0.5, 0.6) is 11.5 Å². The zero-order chi connectivity index (χ0) is 59.9. The molecule has 450 valence electrons. The van der Waals surface area contributed by atoms with Gasteiger partial charge in [0, 0.05) is 85.4 Å². The highest BCUT2D eigenvalue weighted by Gasteiger charge is 2.39. The maximum absolute atomic E-state index is 12.7. The molecule has 0 bridgehead atoms. The maximum Gasteiger partial charge on any atom is 0.500 e. The summed E-state index contributed by atoms with van der Waals surface area (Å²) in [6.07, 6.45) is 14.4. The molecule has 2 heterocycles. The third-order valence-corrected chi connectivity index (χ3v) is 17.7. The van der Waals surface area contributed by atoms with Crippen LogP contribution in [-0.2, 0) is 26.4 Å². The monoisotopic (exact) mass is 1170 g/mol. The molecule has 0 unspecified atom stereocenters. The van der Waals surface area contributed by atoms with Gasteiger partial charge in [0.2, 0.25) is 0 Å². The number of nitrogens with one attached hydrogen (secondary N) is 2. The fourth-order valence-electron chi connectivity index (χ4n) is 10.5. The molecule has 0 fully saturated rings. The third kappa shape index (κ3) is 19.5. The highest BCUT2D eigenvalue weighted by atomic mass is 28.4. The van der Waals surface area contributed by atoms with Crippen LogP contribution in [0.1, 0.15) is 125 Å². The zero-order valence-corrected chi connectivity index (χ0v) is 52.2. The van der Waals surface area contributed by atoms with E-state index in [0.717, 1.165) is 93.7 Å². The molecule has 0 spiro atoms. The summed E-state index contributed by atoms with van der Waals surface area (Å²) in [7, 11) is -2.75. The van der Waals surface area contributed by atoms with E-state index in [2.05, 4.69) is 137 Å². The highest BCUT2D eigenvalue weighted by Crippen LogP contribution is 2.39. The number of unbranched alkanes of at least 4 members (excludes halogenated alkanes) is 10. The molecule has 0 atom stereocenters. The third-order valence-electron chi connectivity index (χ3n) is 14.6. The zero-order valence-electron chi connectivity index (χ0n) is 51.2. The van der Waals surface area contributed by atoms with Crippen molar-refractivity contribution in [1.82, 2.24) is 29.7 Å². The molecule has 0 aliphatic rings. The molecule has 85 heavy (non-hydrogen) atoms. The molecule has 0 saturated carbocycles. The fraction of sp³-hybridized carbons (Fsp3) is 0.380. The second kappa shape index (κ2) is 35.6. The summed E-state index contributed by atoms with van der Waals surface area (Å²) in [5.74, 6) is 2.81. The van der Waals surface area contributed by atoms with Crippen molar-refractivity contribution in [2.45, 2.75) is 144 Å². The molecular weight excluding hydrogens is 1080 g/mol. The minimum atomic E-state index is -2.75. The number of benzene rings is 6. The molecule has 2 aromatic heterocycles. The minimum absolute atomic E-state index is 0.430. The summed E-state index contributed by atoms with van der Waals surface area (Å²) in [6, 6.07) is 57.8. The normalized spacial score (nSPS) is 11.2. The molecule has 0 saturated heterocycles. The molecule has 6 aromatic carbocycles. The Morgan fingerprint density at radius 2 is 0.753 bits per heavy atom. The van der Waals surface area contributed by atoms with Crippen molar-refractivity contribution in [3.63, 3.8) is 0 Å². The summed E-state index contributed by atoms with van der Waals surface area (Å²) in [5, 5.41) is 5.51. The Labute approximate surface area is 506 Å². The van der Waals surface area contributed by atoms with E-state index in [-0.39, 0.29) is 0 Å². The molecule has 13 nitrogen and oxygen atoms in total. The van der Waals surface area contributed by atoms with Gasteiger partial charge in [-0.1, -0.05) is 199 Å². The second-order valence-electron chi connectivity index (χ2n) is 20.9. The number of carbonyl (C=O) groups excluding carboxylic acids is 2. The summed E-state index contributed by atoms with van der Waals surface area (Å²) >= 11 is 0. The number of carbonyl (C=O) groups is 2. The van der Waals surface area contributed by atoms with E-state index in [1.165, 1.54) is 64.2 Å². The molecule has 8 rings (SSSR count). The molecule has 0 aliphatic carbocycles. The van der Waals surface area contributed by atoms with Crippen LogP contribution in [0, 0.1) is 0 Å². The number of nitrogens with zero attached hydrogens (tertiary/aromatic N) is 4. The van der Waals surface area contributed by atoms with Gasteiger partial charge in [-0.05, 0) is 95.5 Å². The Morgan fingerprint density at radius 1 is 0.400 bits per heavy atom. The Bertz CT molecular complexity index is 3160. The van der Waals surface area contributed by atoms with Gasteiger partial charge in [0.1, 0.15) is 23.1 Å². The lowest BCUT2D eigenvalue weighted by Gasteiger charge is -2.28. The van der Waals surface area contributed by atoms with Crippen molar-refractivity contribution >= 4 is 21.0 Å². The van der Waals surface area contributed by atoms with E-state index in [1.807, 2.05) is 94.4 Å². The maximum atomic E-state index is 12.7. The smallest absolute Gasteiger partial charge is 0.410 e. The van der Waals surface area contributed by atoms with Crippen molar-refractivity contribution in [2.75, 3.05) is 32.9 Å². The van der Waals surface area contributed by atoms with Crippen LogP contribution in [0.25, 0.3) is 67.8 Å². The molecular formula is C71H90N6O7Si. The molecule has 14 heteroatoms. The van der Waals surface area contributed by atoms with Gasteiger partial charge in [-0.2, -0.15) is 0 Å². The van der Waals surface area contributed by atoms with Crippen LogP contribution < -0.4 is 20.1 Å². The quantitative estimate of drug-likeness (QED) is 0.0304. The topological polar surface area (TPSA) is 140 Å². The van der Waals surface area contributed by atoms with E-state index in [1.54, 1.807) is 0 Å². The van der Waals surface area contributed by atoms with Crippen LogP contribution in [0.15, 0.2) is 170 Å². The Balaban J connectivity index is 0.000000252. The summed E-state index contributed by atoms with van der Waals surface area (Å²) < 4.78 is 33.5. The standard InChI is InChI=1S/C39H53N3O5Si.C32H37N3O2/c1-5-9-10-11-12-19-30-42-37(33-23-17-14-18-24-33)36(32-21-15-13-16-22-32)41-38(42)34-25-27-35(28-26-34)47-39(43)40-29-20-31-48(44-6-2,45-7-3)46-8-4;1-3-5-6-7-8-15-24-35-30(26-18-13-10-14-19-26)29(25-16-11-9-12-17-25)34-31(35)27-20-22-28(23-21-27)37-32(36)33-4-2/h13-18,21-28H,5-12,19-20,29-31H2,1-4H3,(H,40,43);9-14,16-23H,3-8,15,24H2,1-2H3,(H,33,36). The predicted molar refractivity (Wildman–Crippen MR) is 348 cm³/mol. The van der Waals surface area contributed by atoms with Crippen LogP contribution in [0.4, 0.5) is 9.59 Å². The molecule has 2 N–H and O–H groups in total. The van der Waals surface area contributed by atoms with E-state index >= 15 is 0 Å². The summed E-state index contributed by atoms with van der Waals surface area (Å²) in [5.41, 5.74) is 10.6. The lowest BCUT2D eigenvalue weighted by Crippen LogP contribution is -2.46. The number of hydrogen-bond donors (Lipinski definition) is 2. The lowest BCUT2D eigenvalue weighted by molar-refractivity contribution is 0.0707. The van der Waals surface area contributed by atoms with E-state index in [0.29, 0.717) is 56.9 Å². The highest BCUT2D eigenvalue weighted by molar-refractivity contribution is 6.60. The van der Waals surface area contributed by atoms with Gasteiger partial charge >= 0.3 is 21.0 Å². The van der Waals surface area contributed by atoms with Gasteiger partial charge in [0.05, 0.1) is 22.8 Å². The number of imidazole rings is 2. The molecule has 2 amide bonds. The number of amides is 2. The molecule has 0 aliphatic heterocycles. The van der Waals surface area contributed by atoms with E-state index < -0.39 is 21.0 Å². The van der Waals surface area contributed by atoms with Gasteiger partial charge in [-0.25, -0.2) is 19.6 Å². The number of ether oxygens (including phenoxy) is 2. The van der Waals surface area contributed by atoms with Gasteiger partial charge in [0.15, 0.2) is 0 Å². The first kappa shape index (κ1) is 64.9. The Hall–Kier alpha value is -7.62. The predicted octanol–water partition coefficient (Wildman–Crippen LogP) is 18.1. The van der Waals surface area contributed by atoms with Crippen molar-refractivity contribution in [1.29, 1.82) is 0 Å². The first-order valence-electron chi connectivity index (χ1n) is 31.2. The first-order valence-corrected chi connectivity index (χ1v) is 33.1. The van der Waals surface area contributed by atoms with Gasteiger partial charge in [-0.3, -0.25) is 0 Å². The van der Waals surface area contributed by atoms with Crippen molar-refractivity contribution < 1.29 is 32.3 Å². The summed E-state index contributed by atoms with van der Waals surface area (Å²) in [6.45, 7) is 16.5. The van der Waals surface area contributed by atoms with E-state index in [4.69, 9.17) is 32.7 Å². The first-order chi connectivity index (χ1) is 41.7. The second-order valence-corrected chi connectivity index (χ2v) is 23.7. The average molecular weight is 1170 g/mol. The Morgan fingerprint density at radius 3 is 1.12 bits per heavy atom. The molecule has 0 radical (unpaired) electrons. The van der Waals surface area contributed by atoms with Gasteiger partial charge < -0.3 is 42.5 Å². The number of aromatic nitrogens is 4. The van der Waals surface area contributed by atoms with Crippen molar-refractivity contribution in [2.24, 2.45) is 0 Å². The van der Waals surface area contributed by atoms with Crippen LogP contribution in [0.2, 0.25) is 6.04 Å². The lowest BCUT2D eigenvalue weighted by atomic mass is 10.0. The number of hydrogen-bond acceptors (Lipinski definition) is 9. The Kier molecular flexibility index (Phi) is 27.2. The van der Waals surface area contributed by atoms with Crippen LogP contribution >= 0.6 is 0 Å². The largest absolute Gasteiger partial charge is 0.500 e. The fourth-order valence-corrected chi connectivity index (χ4v) is 13.1. The molecule has 8 aromatic rings. The van der Waals surface area contributed by atoms with Crippen LogP contribution in [-0.4, -0.2) is 73.0 Å². The van der Waals surface area contributed by atoms with Gasteiger partial charge in [0.25, 0.3) is 0 Å². The van der Waals surface area contributed by atoms with Gasteiger partial charge in [-0.15, -0.1) is 0 Å². The summed E-state index contributed by atoms with van der Waals surface area (Å²) in [4.78, 5) is 35.0. The SMILES string of the molecule is CCCCCCCCn1c(-c2ccc(OC(=O)NCC)cc2)nc(-c2ccccc2)c1-c1ccccc1.CCCCCCCCn1c(-c2ccc(OC(=O)NCCC[Si](OCC)(OCC)OCC)cc2)nc(-c2ccccc2)c1-c1ccccc1.